The Labute approximate surface area is 106 Å². The van der Waals surface area contributed by atoms with Crippen molar-refractivity contribution in [3.63, 3.8) is 0 Å². The Balaban J connectivity index is 2.98. The highest BCUT2D eigenvalue weighted by Crippen LogP contribution is 2.18. The standard InChI is InChI=1S/C13H17NO4/c1-13(2,18-4)12(16)14-10-8-6-5-7-9(10)11(15)17-3/h5-8H,1-4H3,(H,14,16). The highest BCUT2D eigenvalue weighted by molar-refractivity contribution is 6.03. The van der Waals surface area contributed by atoms with Crippen LogP contribution in [0.5, 0.6) is 0 Å². The fraction of sp³-hybridized carbons (Fsp3) is 0.385. The molecule has 1 aromatic carbocycles. The van der Waals surface area contributed by atoms with E-state index in [1.54, 1.807) is 38.1 Å². The van der Waals surface area contributed by atoms with Gasteiger partial charge in [0.15, 0.2) is 0 Å². The molecule has 0 heterocycles. The van der Waals surface area contributed by atoms with Crippen LogP contribution in [0.4, 0.5) is 5.69 Å². The van der Waals surface area contributed by atoms with Crippen LogP contribution < -0.4 is 5.32 Å². The zero-order valence-corrected chi connectivity index (χ0v) is 10.9. The Hall–Kier alpha value is -1.88. The zero-order valence-electron chi connectivity index (χ0n) is 10.9. The molecule has 18 heavy (non-hydrogen) atoms. The maximum atomic E-state index is 11.9. The first kappa shape index (κ1) is 14.2. The summed E-state index contributed by atoms with van der Waals surface area (Å²) in [6.07, 6.45) is 0. The number of anilines is 1. The fourth-order valence-electron chi connectivity index (χ4n) is 1.25. The molecule has 0 spiro atoms. The summed E-state index contributed by atoms with van der Waals surface area (Å²) in [5.74, 6) is -0.831. The fourth-order valence-corrected chi connectivity index (χ4v) is 1.25. The van der Waals surface area contributed by atoms with Gasteiger partial charge in [0.2, 0.25) is 0 Å². The SMILES string of the molecule is COC(=O)c1ccccc1NC(=O)C(C)(C)OC. The third-order valence-electron chi connectivity index (χ3n) is 2.64. The topological polar surface area (TPSA) is 64.6 Å². The predicted octanol–water partition coefficient (Wildman–Crippen LogP) is 1.84. The number of rotatable bonds is 4. The van der Waals surface area contributed by atoms with Gasteiger partial charge in [-0.2, -0.15) is 0 Å². The quantitative estimate of drug-likeness (QED) is 0.829. The lowest BCUT2D eigenvalue weighted by Crippen LogP contribution is -2.39. The molecule has 0 aliphatic rings. The number of carbonyl (C=O) groups excluding carboxylic acids is 2. The molecule has 98 valence electrons. The number of amides is 1. The lowest BCUT2D eigenvalue weighted by atomic mass is 10.1. The smallest absolute Gasteiger partial charge is 0.339 e. The molecule has 0 radical (unpaired) electrons. The highest BCUT2D eigenvalue weighted by atomic mass is 16.5. The van der Waals surface area contributed by atoms with Gasteiger partial charge in [0.1, 0.15) is 5.60 Å². The summed E-state index contributed by atoms with van der Waals surface area (Å²) in [6, 6.07) is 6.64. The molecular weight excluding hydrogens is 234 g/mol. The van der Waals surface area contributed by atoms with Gasteiger partial charge in [0.25, 0.3) is 5.91 Å². The lowest BCUT2D eigenvalue weighted by Gasteiger charge is -2.22. The second-order valence-electron chi connectivity index (χ2n) is 4.21. The van der Waals surface area contributed by atoms with Crippen molar-refractivity contribution in [2.75, 3.05) is 19.5 Å². The molecule has 0 bridgehead atoms. The minimum atomic E-state index is -0.969. The minimum absolute atomic E-state index is 0.306. The van der Waals surface area contributed by atoms with Gasteiger partial charge in [0.05, 0.1) is 18.4 Å². The van der Waals surface area contributed by atoms with Crippen molar-refractivity contribution in [1.29, 1.82) is 0 Å². The first-order valence-electron chi connectivity index (χ1n) is 5.46. The summed E-state index contributed by atoms with van der Waals surface area (Å²) in [5.41, 5.74) is -0.261. The first-order chi connectivity index (χ1) is 8.42. The summed E-state index contributed by atoms with van der Waals surface area (Å²) >= 11 is 0. The van der Waals surface area contributed by atoms with Crippen LogP contribution in [0.2, 0.25) is 0 Å². The maximum Gasteiger partial charge on any atom is 0.339 e. The van der Waals surface area contributed by atoms with Crippen molar-refractivity contribution >= 4 is 17.6 Å². The third-order valence-corrected chi connectivity index (χ3v) is 2.64. The summed E-state index contributed by atoms with van der Waals surface area (Å²) in [5, 5.41) is 2.65. The lowest BCUT2D eigenvalue weighted by molar-refractivity contribution is -0.133. The largest absolute Gasteiger partial charge is 0.465 e. The summed E-state index contributed by atoms with van der Waals surface area (Å²) in [4.78, 5) is 23.5. The van der Waals surface area contributed by atoms with Crippen LogP contribution in [-0.2, 0) is 14.3 Å². The van der Waals surface area contributed by atoms with Crippen molar-refractivity contribution in [3.05, 3.63) is 29.8 Å². The minimum Gasteiger partial charge on any atom is -0.465 e. The molecule has 1 rings (SSSR count). The van der Waals surface area contributed by atoms with E-state index in [0.29, 0.717) is 11.3 Å². The molecule has 0 aliphatic carbocycles. The van der Waals surface area contributed by atoms with Gasteiger partial charge in [0, 0.05) is 7.11 Å². The number of para-hydroxylation sites is 1. The van der Waals surface area contributed by atoms with Crippen molar-refractivity contribution in [2.45, 2.75) is 19.4 Å². The van der Waals surface area contributed by atoms with E-state index in [0.717, 1.165) is 0 Å². The number of esters is 1. The second kappa shape index (κ2) is 5.64. The number of nitrogens with one attached hydrogen (secondary N) is 1. The van der Waals surface area contributed by atoms with E-state index in [4.69, 9.17) is 4.74 Å². The van der Waals surface area contributed by atoms with Crippen LogP contribution >= 0.6 is 0 Å². The van der Waals surface area contributed by atoms with Crippen molar-refractivity contribution in [1.82, 2.24) is 0 Å². The predicted molar refractivity (Wildman–Crippen MR) is 67.5 cm³/mol. The molecular formula is C13H17NO4. The number of hydrogen-bond acceptors (Lipinski definition) is 4. The number of carbonyl (C=O) groups is 2. The zero-order chi connectivity index (χ0) is 13.8. The van der Waals surface area contributed by atoms with Gasteiger partial charge in [-0.15, -0.1) is 0 Å². The molecule has 0 aromatic heterocycles. The Bertz CT molecular complexity index is 454. The van der Waals surface area contributed by atoms with Gasteiger partial charge in [-0.05, 0) is 26.0 Å². The molecule has 0 fully saturated rings. The Kier molecular flexibility index (Phi) is 4.44. The summed E-state index contributed by atoms with van der Waals surface area (Å²) in [7, 11) is 2.74. The number of hydrogen-bond donors (Lipinski definition) is 1. The van der Waals surface area contributed by atoms with E-state index in [9.17, 15) is 9.59 Å². The molecule has 0 aliphatic heterocycles. The normalized spacial score (nSPS) is 10.9. The second-order valence-corrected chi connectivity index (χ2v) is 4.21. The van der Waals surface area contributed by atoms with Crippen LogP contribution in [0.25, 0.3) is 0 Å². The van der Waals surface area contributed by atoms with Crippen LogP contribution in [0.1, 0.15) is 24.2 Å². The van der Waals surface area contributed by atoms with Crippen molar-refractivity contribution in [3.8, 4) is 0 Å². The average Bonchev–Trinajstić information content (AvgIpc) is 2.38. The summed E-state index contributed by atoms with van der Waals surface area (Å²) < 4.78 is 9.72. The molecule has 1 N–H and O–H groups in total. The van der Waals surface area contributed by atoms with Gasteiger partial charge < -0.3 is 14.8 Å². The Morgan fingerprint density at radius 3 is 2.33 bits per heavy atom. The number of benzene rings is 1. The highest BCUT2D eigenvalue weighted by Gasteiger charge is 2.28. The monoisotopic (exact) mass is 251 g/mol. The molecule has 5 nitrogen and oxygen atoms in total. The van der Waals surface area contributed by atoms with E-state index < -0.39 is 11.6 Å². The van der Waals surface area contributed by atoms with Crippen LogP contribution in [-0.4, -0.2) is 31.7 Å². The number of ether oxygens (including phenoxy) is 2. The first-order valence-corrected chi connectivity index (χ1v) is 5.46. The van der Waals surface area contributed by atoms with Crippen molar-refractivity contribution in [2.24, 2.45) is 0 Å². The average molecular weight is 251 g/mol. The molecule has 1 aromatic rings. The molecule has 0 unspecified atom stereocenters. The third kappa shape index (κ3) is 3.07. The van der Waals surface area contributed by atoms with E-state index in [2.05, 4.69) is 10.1 Å². The Morgan fingerprint density at radius 2 is 1.78 bits per heavy atom. The van der Waals surface area contributed by atoms with E-state index >= 15 is 0 Å². The van der Waals surface area contributed by atoms with Crippen LogP contribution in [0.3, 0.4) is 0 Å². The van der Waals surface area contributed by atoms with Gasteiger partial charge in [-0.1, -0.05) is 12.1 Å². The van der Waals surface area contributed by atoms with Gasteiger partial charge in [-0.3, -0.25) is 4.79 Å². The molecule has 0 saturated carbocycles. The molecule has 0 atom stereocenters. The molecule has 0 saturated heterocycles. The Morgan fingerprint density at radius 1 is 1.17 bits per heavy atom. The van der Waals surface area contributed by atoms with Crippen LogP contribution in [0, 0.1) is 0 Å². The van der Waals surface area contributed by atoms with E-state index in [-0.39, 0.29) is 5.91 Å². The van der Waals surface area contributed by atoms with Gasteiger partial charge >= 0.3 is 5.97 Å². The van der Waals surface area contributed by atoms with Crippen molar-refractivity contribution < 1.29 is 19.1 Å². The number of methoxy groups -OCH3 is 2. The van der Waals surface area contributed by atoms with E-state index in [1.807, 2.05) is 0 Å². The summed E-state index contributed by atoms with van der Waals surface area (Å²) in [6.45, 7) is 3.28. The van der Waals surface area contributed by atoms with Gasteiger partial charge in [-0.25, -0.2) is 4.79 Å². The van der Waals surface area contributed by atoms with E-state index in [1.165, 1.54) is 14.2 Å². The van der Waals surface area contributed by atoms with Crippen LogP contribution in [0.15, 0.2) is 24.3 Å². The molecule has 1 amide bonds. The molecule has 5 heteroatoms. The maximum absolute atomic E-state index is 11.9.